The second-order valence-electron chi connectivity index (χ2n) is 6.00. The summed E-state index contributed by atoms with van der Waals surface area (Å²) >= 11 is 4.93. The molecule has 0 radical (unpaired) electrons. The summed E-state index contributed by atoms with van der Waals surface area (Å²) in [5, 5.41) is 0. The third-order valence-corrected chi connectivity index (χ3v) is 7.52. The smallest absolute Gasteiger partial charge is 0.349 e. The summed E-state index contributed by atoms with van der Waals surface area (Å²) in [6, 6.07) is 1.08. The molecule has 0 saturated carbocycles. The van der Waals surface area contributed by atoms with E-state index in [4.69, 9.17) is 31.6 Å². The number of rotatable bonds is 8. The summed E-state index contributed by atoms with van der Waals surface area (Å²) in [5.74, 6) is 0. The van der Waals surface area contributed by atoms with Crippen molar-refractivity contribution < 1.29 is 55.5 Å². The van der Waals surface area contributed by atoms with E-state index in [2.05, 4.69) is 18.1 Å². The molecular weight excluding hydrogens is 484 g/mol. The lowest BCUT2D eigenvalue weighted by molar-refractivity contribution is -0.0594. The van der Waals surface area contributed by atoms with Crippen LogP contribution in [0.4, 0.5) is 4.39 Å². The Hall–Kier alpha value is -0.600. The lowest BCUT2D eigenvalue weighted by Gasteiger charge is -2.23. The maximum Gasteiger partial charge on any atom is 0.490 e. The van der Waals surface area contributed by atoms with Crippen LogP contribution in [0.15, 0.2) is 17.1 Å². The van der Waals surface area contributed by atoms with Crippen LogP contribution in [0.25, 0.3) is 0 Å². The number of phosphoric ester groups is 1. The minimum absolute atomic E-state index is 0.139. The topological polar surface area (TPSA) is 207 Å². The standard InChI is InChI=1S/C10H16FN2O12P3S/c1-10(11)4-6(23-8(10)13-3-2-7(14)12-9(13)29)5-22-27(18,19)25-28(20,21)24-26(15,16)17/h2-3,6,8H,4-5H2,1H3,(H,18,19)(H,20,21)(H,12,14,29)(H2,15,16,17). The maximum atomic E-state index is 14.9. The number of halogens is 1. The van der Waals surface area contributed by atoms with Crippen molar-refractivity contribution in [3.63, 3.8) is 0 Å². The highest BCUT2D eigenvalue weighted by Crippen LogP contribution is 2.66. The Morgan fingerprint density at radius 1 is 1.31 bits per heavy atom. The van der Waals surface area contributed by atoms with E-state index in [0.29, 0.717) is 0 Å². The van der Waals surface area contributed by atoms with Crippen LogP contribution < -0.4 is 5.56 Å². The molecule has 0 amide bonds. The van der Waals surface area contributed by atoms with Crippen LogP contribution in [-0.2, 0) is 31.6 Å². The first-order valence-corrected chi connectivity index (χ1v) is 12.4. The summed E-state index contributed by atoms with van der Waals surface area (Å²) in [4.78, 5) is 48.9. The van der Waals surface area contributed by atoms with Gasteiger partial charge in [-0.15, -0.1) is 0 Å². The van der Waals surface area contributed by atoms with E-state index in [1.54, 1.807) is 0 Å². The van der Waals surface area contributed by atoms with Crippen molar-refractivity contribution in [1.29, 1.82) is 0 Å². The van der Waals surface area contributed by atoms with Crippen LogP contribution in [0.5, 0.6) is 0 Å². The average Bonchev–Trinajstić information content (AvgIpc) is 2.76. The van der Waals surface area contributed by atoms with E-state index in [9.17, 15) is 27.8 Å². The molecule has 166 valence electrons. The molecule has 2 heterocycles. The number of hydrogen-bond acceptors (Lipinski definition) is 9. The first-order valence-electron chi connectivity index (χ1n) is 7.44. The van der Waals surface area contributed by atoms with E-state index in [1.165, 1.54) is 6.20 Å². The highest BCUT2D eigenvalue weighted by atomic mass is 32.1. The van der Waals surface area contributed by atoms with Crippen LogP contribution in [0, 0.1) is 4.77 Å². The molecule has 0 aliphatic carbocycles. The molecule has 0 bridgehead atoms. The Kier molecular flexibility index (Phi) is 7.23. The number of alkyl halides is 1. The molecule has 5 atom stereocenters. The van der Waals surface area contributed by atoms with Crippen LogP contribution in [0.3, 0.4) is 0 Å². The SMILES string of the molecule is CC1(F)CC(COP(=O)(O)OP(=O)(O)OP(=O)(O)O)OC1n1ccc(=O)[nH]c1=S. The summed E-state index contributed by atoms with van der Waals surface area (Å²) < 4.78 is 66.3. The van der Waals surface area contributed by atoms with Crippen molar-refractivity contribution in [2.75, 3.05) is 6.61 Å². The molecular formula is C10H16FN2O12P3S. The minimum Gasteiger partial charge on any atom is -0.349 e. The molecule has 1 aromatic heterocycles. The highest BCUT2D eigenvalue weighted by molar-refractivity contribution is 7.71. The van der Waals surface area contributed by atoms with Gasteiger partial charge in [0.05, 0.1) is 12.7 Å². The van der Waals surface area contributed by atoms with Crippen molar-refractivity contribution in [3.8, 4) is 0 Å². The number of aromatic amines is 1. The van der Waals surface area contributed by atoms with Gasteiger partial charge >= 0.3 is 23.5 Å². The average molecular weight is 500 g/mol. The molecule has 2 rings (SSSR count). The highest BCUT2D eigenvalue weighted by Gasteiger charge is 2.48. The van der Waals surface area contributed by atoms with Gasteiger partial charge in [-0.3, -0.25) is 18.9 Å². The van der Waals surface area contributed by atoms with Crippen molar-refractivity contribution in [2.24, 2.45) is 0 Å². The predicted molar refractivity (Wildman–Crippen MR) is 93.7 cm³/mol. The fraction of sp³-hybridized carbons (Fsp3) is 0.600. The van der Waals surface area contributed by atoms with Crippen LogP contribution >= 0.6 is 35.7 Å². The quantitative estimate of drug-likeness (QED) is 0.252. The summed E-state index contributed by atoms with van der Waals surface area (Å²) in [6.45, 7) is 0.339. The van der Waals surface area contributed by atoms with Crippen LogP contribution in [-0.4, -0.2) is 47.5 Å². The molecule has 14 nitrogen and oxygen atoms in total. The first kappa shape index (κ1) is 24.7. The number of aromatic nitrogens is 2. The maximum absolute atomic E-state index is 14.9. The Morgan fingerprint density at radius 2 is 1.93 bits per heavy atom. The second kappa shape index (κ2) is 8.50. The van der Waals surface area contributed by atoms with E-state index >= 15 is 0 Å². The number of ether oxygens (including phenoxy) is 1. The molecule has 29 heavy (non-hydrogen) atoms. The van der Waals surface area contributed by atoms with Gasteiger partial charge in [-0.1, -0.05) is 0 Å². The van der Waals surface area contributed by atoms with Gasteiger partial charge in [0.2, 0.25) is 0 Å². The predicted octanol–water partition coefficient (Wildman–Crippen LogP) is 1.26. The Morgan fingerprint density at radius 3 is 2.48 bits per heavy atom. The Balaban J connectivity index is 2.05. The van der Waals surface area contributed by atoms with Gasteiger partial charge in [0.1, 0.15) is 0 Å². The van der Waals surface area contributed by atoms with Crippen LogP contribution in [0.2, 0.25) is 0 Å². The van der Waals surface area contributed by atoms with E-state index in [-0.39, 0.29) is 11.2 Å². The number of phosphoric acid groups is 3. The van der Waals surface area contributed by atoms with Gasteiger partial charge < -0.3 is 24.3 Å². The first-order chi connectivity index (χ1) is 13.0. The lowest BCUT2D eigenvalue weighted by atomic mass is 10.0. The zero-order valence-electron chi connectivity index (χ0n) is 14.4. The molecule has 5 N–H and O–H groups in total. The summed E-state index contributed by atoms with van der Waals surface area (Å²) in [6.07, 6.45) is -1.67. The zero-order chi connectivity index (χ0) is 22.3. The minimum atomic E-state index is -5.66. The second-order valence-corrected chi connectivity index (χ2v) is 10.8. The van der Waals surface area contributed by atoms with E-state index in [0.717, 1.165) is 17.6 Å². The zero-order valence-corrected chi connectivity index (χ0v) is 17.9. The van der Waals surface area contributed by atoms with Crippen molar-refractivity contribution in [3.05, 3.63) is 27.4 Å². The van der Waals surface area contributed by atoms with Gasteiger partial charge in [-0.25, -0.2) is 18.1 Å². The number of hydrogen-bond donors (Lipinski definition) is 5. The third-order valence-electron chi connectivity index (χ3n) is 3.41. The van der Waals surface area contributed by atoms with Crippen molar-refractivity contribution in [2.45, 2.75) is 31.3 Å². The van der Waals surface area contributed by atoms with Crippen LogP contribution in [0.1, 0.15) is 19.6 Å². The van der Waals surface area contributed by atoms with Gasteiger partial charge in [-0.2, -0.15) is 8.62 Å². The number of H-pyrrole nitrogens is 1. The molecule has 19 heteroatoms. The molecule has 0 spiro atoms. The van der Waals surface area contributed by atoms with E-state index < -0.39 is 53.6 Å². The van der Waals surface area contributed by atoms with Gasteiger partial charge in [0.25, 0.3) is 5.56 Å². The monoisotopic (exact) mass is 500 g/mol. The lowest BCUT2D eigenvalue weighted by Crippen LogP contribution is -2.29. The van der Waals surface area contributed by atoms with Gasteiger partial charge in [-0.05, 0) is 19.1 Å². The fourth-order valence-electron chi connectivity index (χ4n) is 2.46. The van der Waals surface area contributed by atoms with Crippen molar-refractivity contribution >= 4 is 35.7 Å². The molecule has 1 aromatic rings. The third kappa shape index (κ3) is 7.24. The molecule has 1 saturated heterocycles. The van der Waals surface area contributed by atoms with Crippen molar-refractivity contribution in [1.82, 2.24) is 9.55 Å². The summed E-state index contributed by atoms with van der Waals surface area (Å²) in [5.41, 5.74) is -2.57. The number of nitrogens with one attached hydrogen (secondary N) is 1. The molecule has 1 aliphatic rings. The fourth-order valence-corrected chi connectivity index (χ4v) is 5.77. The molecule has 5 unspecified atom stereocenters. The Bertz CT molecular complexity index is 1020. The van der Waals surface area contributed by atoms with Gasteiger partial charge in [0.15, 0.2) is 16.7 Å². The largest absolute Gasteiger partial charge is 0.490 e. The number of nitrogens with zero attached hydrogens (tertiary/aromatic N) is 1. The van der Waals surface area contributed by atoms with Gasteiger partial charge in [0, 0.05) is 18.7 Å². The molecule has 1 fully saturated rings. The summed E-state index contributed by atoms with van der Waals surface area (Å²) in [7, 11) is -16.5. The van der Waals surface area contributed by atoms with E-state index in [1.807, 2.05) is 0 Å². The Labute approximate surface area is 166 Å². The molecule has 1 aliphatic heterocycles. The molecule has 0 aromatic carbocycles. The normalized spacial score (nSPS) is 29.3.